The number of thiophene rings is 1. The first-order valence-electron chi connectivity index (χ1n) is 5.26. The van der Waals surface area contributed by atoms with Crippen molar-refractivity contribution >= 4 is 11.3 Å². The molecule has 0 atom stereocenters. The number of hydrogen-bond donors (Lipinski definition) is 0. The predicted octanol–water partition coefficient (Wildman–Crippen LogP) is 4.63. The molecule has 0 aliphatic heterocycles. The van der Waals surface area contributed by atoms with Crippen molar-refractivity contribution in [3.8, 4) is 0 Å². The van der Waals surface area contributed by atoms with Gasteiger partial charge >= 0.3 is 0 Å². The van der Waals surface area contributed by atoms with Gasteiger partial charge in [0.1, 0.15) is 0 Å². The van der Waals surface area contributed by atoms with Gasteiger partial charge in [0.05, 0.1) is 0 Å². The monoisotopic (exact) mass is 210 g/mol. The summed E-state index contributed by atoms with van der Waals surface area (Å²) < 4.78 is 0. The Hall–Kier alpha value is -0.300. The highest BCUT2D eigenvalue weighted by atomic mass is 32.1. The second-order valence-electron chi connectivity index (χ2n) is 6.29. The van der Waals surface area contributed by atoms with E-state index in [2.05, 4.69) is 53.0 Å². The van der Waals surface area contributed by atoms with Gasteiger partial charge in [0, 0.05) is 4.88 Å². The van der Waals surface area contributed by atoms with Gasteiger partial charge in [0.2, 0.25) is 0 Å². The molecule has 0 N–H and O–H groups in total. The molecule has 1 rings (SSSR count). The predicted molar refractivity (Wildman–Crippen MR) is 66.2 cm³/mol. The molecule has 0 aromatic carbocycles. The van der Waals surface area contributed by atoms with Gasteiger partial charge in [-0.2, -0.15) is 0 Å². The minimum atomic E-state index is 0.298. The lowest BCUT2D eigenvalue weighted by Gasteiger charge is -2.18. The van der Waals surface area contributed by atoms with Crippen molar-refractivity contribution < 1.29 is 0 Å². The first-order chi connectivity index (χ1) is 6.18. The van der Waals surface area contributed by atoms with Crippen molar-refractivity contribution in [3.05, 3.63) is 21.9 Å². The van der Waals surface area contributed by atoms with Crippen molar-refractivity contribution in [2.45, 2.75) is 53.4 Å². The average molecular weight is 210 g/mol. The molecular weight excluding hydrogens is 188 g/mol. The number of hydrogen-bond acceptors (Lipinski definition) is 1. The lowest BCUT2D eigenvalue weighted by Crippen LogP contribution is -2.10. The summed E-state index contributed by atoms with van der Waals surface area (Å²) in [5.74, 6) is 0. The summed E-state index contributed by atoms with van der Waals surface area (Å²) in [5, 5.41) is 2.31. The smallest absolute Gasteiger partial charge is 0.00534 e. The van der Waals surface area contributed by atoms with E-state index in [-0.39, 0.29) is 0 Å². The van der Waals surface area contributed by atoms with Crippen molar-refractivity contribution in [3.63, 3.8) is 0 Å². The molecule has 0 spiro atoms. The van der Waals surface area contributed by atoms with E-state index >= 15 is 0 Å². The largest absolute Gasteiger partial charge is 0.149 e. The zero-order valence-electron chi connectivity index (χ0n) is 10.3. The highest BCUT2D eigenvalue weighted by Crippen LogP contribution is 2.30. The fourth-order valence-corrected chi connectivity index (χ4v) is 2.80. The summed E-state index contributed by atoms with van der Waals surface area (Å²) in [6, 6.07) is 2.37. The van der Waals surface area contributed by atoms with Crippen LogP contribution in [0.15, 0.2) is 11.4 Å². The van der Waals surface area contributed by atoms with Gasteiger partial charge in [-0.15, -0.1) is 11.3 Å². The van der Waals surface area contributed by atoms with E-state index in [1.165, 1.54) is 16.9 Å². The summed E-state index contributed by atoms with van der Waals surface area (Å²) >= 11 is 1.90. The molecule has 0 fully saturated rings. The molecule has 1 aromatic heterocycles. The van der Waals surface area contributed by atoms with Gasteiger partial charge in [0.25, 0.3) is 0 Å². The van der Waals surface area contributed by atoms with E-state index in [0.29, 0.717) is 10.8 Å². The number of rotatable bonds is 1. The third kappa shape index (κ3) is 3.45. The molecule has 0 amide bonds. The molecule has 0 radical (unpaired) electrons. The summed E-state index contributed by atoms with van der Waals surface area (Å²) in [5.41, 5.74) is 2.17. The van der Waals surface area contributed by atoms with Crippen molar-refractivity contribution in [2.24, 2.45) is 5.41 Å². The Kier molecular flexibility index (Phi) is 3.10. The maximum Gasteiger partial charge on any atom is 0.00534 e. The molecule has 1 heterocycles. The molecule has 0 bridgehead atoms. The Bertz CT molecular complexity index is 294. The maximum atomic E-state index is 2.37. The Morgan fingerprint density at radius 1 is 1.07 bits per heavy atom. The Balaban J connectivity index is 2.79. The third-order valence-electron chi connectivity index (χ3n) is 2.22. The van der Waals surface area contributed by atoms with Crippen LogP contribution in [0.3, 0.4) is 0 Å². The summed E-state index contributed by atoms with van der Waals surface area (Å²) in [4.78, 5) is 1.52. The van der Waals surface area contributed by atoms with E-state index in [9.17, 15) is 0 Å². The van der Waals surface area contributed by atoms with Crippen LogP contribution in [0.25, 0.3) is 0 Å². The molecule has 0 saturated carbocycles. The van der Waals surface area contributed by atoms with Crippen molar-refractivity contribution in [1.29, 1.82) is 0 Å². The van der Waals surface area contributed by atoms with E-state index in [1.807, 2.05) is 11.3 Å². The van der Waals surface area contributed by atoms with Crippen LogP contribution in [-0.4, -0.2) is 0 Å². The van der Waals surface area contributed by atoms with Gasteiger partial charge in [-0.1, -0.05) is 41.5 Å². The molecule has 1 aromatic rings. The van der Waals surface area contributed by atoms with E-state index in [1.54, 1.807) is 0 Å². The van der Waals surface area contributed by atoms with Crippen LogP contribution in [0.5, 0.6) is 0 Å². The van der Waals surface area contributed by atoms with Crippen LogP contribution >= 0.6 is 11.3 Å². The summed E-state index contributed by atoms with van der Waals surface area (Å²) in [6.45, 7) is 13.7. The minimum Gasteiger partial charge on any atom is -0.149 e. The second-order valence-corrected chi connectivity index (χ2v) is 7.28. The van der Waals surface area contributed by atoms with Crippen LogP contribution in [0, 0.1) is 5.41 Å². The van der Waals surface area contributed by atoms with Crippen LogP contribution in [0.1, 0.15) is 52.0 Å². The minimum absolute atomic E-state index is 0.298. The highest BCUT2D eigenvalue weighted by molar-refractivity contribution is 7.10. The van der Waals surface area contributed by atoms with Gasteiger partial charge < -0.3 is 0 Å². The second kappa shape index (κ2) is 3.69. The SMILES string of the molecule is CC(C)(C)Cc1cc(C(C)(C)C)cs1. The molecule has 0 unspecified atom stereocenters. The highest BCUT2D eigenvalue weighted by Gasteiger charge is 2.18. The first-order valence-corrected chi connectivity index (χ1v) is 6.14. The Morgan fingerprint density at radius 2 is 1.64 bits per heavy atom. The fraction of sp³-hybridized carbons (Fsp3) is 0.692. The van der Waals surface area contributed by atoms with Crippen molar-refractivity contribution in [2.75, 3.05) is 0 Å². The molecule has 0 aliphatic rings. The van der Waals surface area contributed by atoms with E-state index in [4.69, 9.17) is 0 Å². The molecule has 0 aliphatic carbocycles. The van der Waals surface area contributed by atoms with E-state index < -0.39 is 0 Å². The quantitative estimate of drug-likeness (QED) is 0.634. The lowest BCUT2D eigenvalue weighted by atomic mass is 9.87. The molecule has 0 saturated heterocycles. The molecule has 1 heteroatoms. The van der Waals surface area contributed by atoms with Gasteiger partial charge in [-0.25, -0.2) is 0 Å². The third-order valence-corrected chi connectivity index (χ3v) is 3.16. The normalized spacial score (nSPS) is 13.3. The zero-order chi connectivity index (χ0) is 11.0. The Morgan fingerprint density at radius 3 is 2.00 bits per heavy atom. The average Bonchev–Trinajstić information content (AvgIpc) is 2.29. The van der Waals surface area contributed by atoms with Gasteiger partial charge in [-0.3, -0.25) is 0 Å². The summed E-state index contributed by atoms with van der Waals surface area (Å²) in [7, 11) is 0. The zero-order valence-corrected chi connectivity index (χ0v) is 11.1. The van der Waals surface area contributed by atoms with Gasteiger partial charge in [0.15, 0.2) is 0 Å². The molecule has 14 heavy (non-hydrogen) atoms. The lowest BCUT2D eigenvalue weighted by molar-refractivity contribution is 0.414. The van der Waals surface area contributed by atoms with Crippen LogP contribution in [0.4, 0.5) is 0 Å². The maximum absolute atomic E-state index is 2.37. The first kappa shape index (κ1) is 11.8. The van der Waals surface area contributed by atoms with Crippen LogP contribution in [0.2, 0.25) is 0 Å². The van der Waals surface area contributed by atoms with Crippen LogP contribution < -0.4 is 0 Å². The van der Waals surface area contributed by atoms with Crippen LogP contribution in [-0.2, 0) is 11.8 Å². The summed E-state index contributed by atoms with van der Waals surface area (Å²) in [6.07, 6.45) is 1.19. The topological polar surface area (TPSA) is 0 Å². The van der Waals surface area contributed by atoms with E-state index in [0.717, 1.165) is 0 Å². The standard InChI is InChI=1S/C13H22S/c1-12(2,3)8-11-7-10(9-14-11)13(4,5)6/h7,9H,8H2,1-6H3. The van der Waals surface area contributed by atoms with Crippen molar-refractivity contribution in [1.82, 2.24) is 0 Å². The Labute approximate surface area is 92.4 Å². The fourth-order valence-electron chi connectivity index (χ4n) is 1.39. The molecular formula is C13H22S. The molecule has 80 valence electrons. The molecule has 0 nitrogen and oxygen atoms in total. The van der Waals surface area contributed by atoms with Gasteiger partial charge in [-0.05, 0) is 34.3 Å².